The van der Waals surface area contributed by atoms with Gasteiger partial charge in [0.25, 0.3) is 5.91 Å². The van der Waals surface area contributed by atoms with Crippen LogP contribution in [0.2, 0.25) is 0 Å². The number of hydrogen-bond acceptors (Lipinski definition) is 10. The third-order valence-electron chi connectivity index (χ3n) is 10.8. The molecule has 1 fully saturated rings. The van der Waals surface area contributed by atoms with Crippen LogP contribution < -0.4 is 10.7 Å². The second-order valence-electron chi connectivity index (χ2n) is 15.9. The molecular formula is C41H53N7O7S. The number of amides is 3. The lowest BCUT2D eigenvalue weighted by atomic mass is 9.84. The second-order valence-corrected chi connectivity index (χ2v) is 16.8. The highest BCUT2D eigenvalue weighted by Crippen LogP contribution is 2.42. The molecule has 300 valence electrons. The third-order valence-corrected chi connectivity index (χ3v) is 11.6. The molecule has 2 aliphatic rings. The minimum absolute atomic E-state index is 0.0592. The number of nitrogens with one attached hydrogen (secondary N) is 2. The zero-order valence-electron chi connectivity index (χ0n) is 33.4. The number of thiazole rings is 1. The highest BCUT2D eigenvalue weighted by Gasteiger charge is 2.38. The summed E-state index contributed by atoms with van der Waals surface area (Å²) in [7, 11) is 3.02. The summed E-state index contributed by atoms with van der Waals surface area (Å²) in [6.07, 6.45) is 1.92. The van der Waals surface area contributed by atoms with Gasteiger partial charge in [-0.1, -0.05) is 33.8 Å². The van der Waals surface area contributed by atoms with Gasteiger partial charge in [0.1, 0.15) is 18.1 Å². The molecule has 3 unspecified atom stereocenters. The van der Waals surface area contributed by atoms with Gasteiger partial charge in [-0.15, -0.1) is 11.3 Å². The number of hydrazine groups is 1. The van der Waals surface area contributed by atoms with E-state index in [1.165, 1.54) is 23.4 Å². The van der Waals surface area contributed by atoms with Crippen molar-refractivity contribution in [3.05, 3.63) is 58.2 Å². The molecule has 0 aliphatic carbocycles. The van der Waals surface area contributed by atoms with Crippen molar-refractivity contribution in [3.63, 3.8) is 0 Å². The van der Waals surface area contributed by atoms with Gasteiger partial charge < -0.3 is 24.5 Å². The molecule has 4 aromatic rings. The van der Waals surface area contributed by atoms with Crippen LogP contribution in [0.3, 0.4) is 0 Å². The van der Waals surface area contributed by atoms with E-state index in [0.717, 1.165) is 49.6 Å². The summed E-state index contributed by atoms with van der Waals surface area (Å²) >= 11 is 1.38. The number of benzene rings is 1. The van der Waals surface area contributed by atoms with Crippen LogP contribution in [0.25, 0.3) is 33.4 Å². The van der Waals surface area contributed by atoms with Crippen LogP contribution in [0.4, 0.5) is 4.79 Å². The van der Waals surface area contributed by atoms with Crippen molar-refractivity contribution in [2.24, 2.45) is 11.3 Å². The van der Waals surface area contributed by atoms with E-state index in [0.29, 0.717) is 37.4 Å². The van der Waals surface area contributed by atoms with E-state index in [-0.39, 0.29) is 25.0 Å². The molecule has 3 aromatic heterocycles. The van der Waals surface area contributed by atoms with E-state index in [1.807, 2.05) is 24.4 Å². The summed E-state index contributed by atoms with van der Waals surface area (Å²) in [5, 5.41) is 17.6. The molecule has 0 saturated carbocycles. The van der Waals surface area contributed by atoms with Crippen molar-refractivity contribution in [3.8, 4) is 22.5 Å². The summed E-state index contributed by atoms with van der Waals surface area (Å²) in [6, 6.07) is 7.42. The van der Waals surface area contributed by atoms with Crippen molar-refractivity contribution < 1.29 is 33.8 Å². The van der Waals surface area contributed by atoms with Gasteiger partial charge in [0, 0.05) is 72.7 Å². The number of rotatable bonds is 8. The van der Waals surface area contributed by atoms with Crippen LogP contribution in [0.15, 0.2) is 41.9 Å². The Hall–Kier alpha value is -4.86. The van der Waals surface area contributed by atoms with Crippen molar-refractivity contribution in [2.75, 3.05) is 27.3 Å². The zero-order chi connectivity index (χ0) is 40.5. The molecule has 2 aliphatic heterocycles. The Balaban J connectivity index is 1.48. The Kier molecular flexibility index (Phi) is 12.2. The molecule has 15 heteroatoms. The number of hydrogen-bond donors (Lipinski definition) is 3. The quantitative estimate of drug-likeness (QED) is 0.185. The Labute approximate surface area is 331 Å². The van der Waals surface area contributed by atoms with Gasteiger partial charge in [-0.2, -0.15) is 0 Å². The van der Waals surface area contributed by atoms with Gasteiger partial charge in [-0.3, -0.25) is 29.3 Å². The van der Waals surface area contributed by atoms with E-state index in [4.69, 9.17) is 19.4 Å². The summed E-state index contributed by atoms with van der Waals surface area (Å²) in [4.78, 5) is 64.3. The molecular weight excluding hydrogens is 735 g/mol. The lowest BCUT2D eigenvalue weighted by molar-refractivity contribution is -0.155. The molecule has 5 heterocycles. The molecule has 0 radical (unpaired) electrons. The highest BCUT2D eigenvalue weighted by atomic mass is 32.1. The number of pyridine rings is 1. The molecule has 3 N–H and O–H groups in total. The fourth-order valence-electron chi connectivity index (χ4n) is 7.87. The highest BCUT2D eigenvalue weighted by molar-refractivity contribution is 7.10. The first-order valence-corrected chi connectivity index (χ1v) is 20.1. The number of nitrogens with zero attached hydrogens (tertiary/aromatic N) is 5. The van der Waals surface area contributed by atoms with Crippen molar-refractivity contribution >= 4 is 46.1 Å². The first-order valence-electron chi connectivity index (χ1n) is 19.2. The van der Waals surface area contributed by atoms with E-state index in [9.17, 15) is 24.3 Å². The standard InChI is InChI=1S/C41H53N7O7S/c1-9-47-32-15-14-25-18-27(32)28(36(47)26-12-10-16-42-34(26)24(4)54-8)20-41(5,6)22-55-39(51)29-13-11-17-48(45-29)38(50)30(19-33-43-31(25)21-56-33)44-37(49)35(23(2)3)46(7)40(52)53/h10,12,14-16,18,21,23-24,29-30,35,45H,9,11,13,17,19-20,22H2,1-8H3,(H,44,49)(H,52,53)/t24?,29-,30?,35?/m0/s1. The van der Waals surface area contributed by atoms with Gasteiger partial charge in [0.05, 0.1) is 34.8 Å². The van der Waals surface area contributed by atoms with Crippen molar-refractivity contribution in [1.29, 1.82) is 0 Å². The Bertz CT molecular complexity index is 2110. The number of esters is 1. The second kappa shape index (κ2) is 16.7. The van der Waals surface area contributed by atoms with E-state index in [1.54, 1.807) is 27.2 Å². The largest absolute Gasteiger partial charge is 0.465 e. The number of carbonyl (C=O) groups excluding carboxylic acids is 3. The van der Waals surface area contributed by atoms with Crippen LogP contribution in [0.5, 0.6) is 0 Å². The van der Waals surface area contributed by atoms with Crippen LogP contribution in [-0.4, -0.2) is 98.9 Å². The third kappa shape index (κ3) is 8.30. The first-order chi connectivity index (χ1) is 26.6. The lowest BCUT2D eigenvalue weighted by Gasteiger charge is -2.36. The maximum absolute atomic E-state index is 14.2. The Morgan fingerprint density at radius 2 is 1.98 bits per heavy atom. The number of methoxy groups -OCH3 is 1. The number of aromatic nitrogens is 3. The molecule has 4 atom stereocenters. The molecule has 14 nitrogen and oxygen atoms in total. The average molecular weight is 788 g/mol. The monoisotopic (exact) mass is 787 g/mol. The molecule has 0 spiro atoms. The van der Waals surface area contributed by atoms with E-state index >= 15 is 0 Å². The number of likely N-dealkylation sites (N-methyl/N-ethyl adjacent to an activating group) is 1. The molecule has 6 bridgehead atoms. The van der Waals surface area contributed by atoms with Crippen LogP contribution in [0, 0.1) is 11.3 Å². The summed E-state index contributed by atoms with van der Waals surface area (Å²) < 4.78 is 14.1. The number of fused-ring (bicyclic) bond motifs is 6. The SMILES string of the molecule is CCn1c(-c2cccnc2C(C)OC)c2c3cc(ccc31)-c1csc(n1)CC(NC(=O)C(C(C)C)N(C)C(=O)O)C(=O)N1CCC[C@H](N1)C(=O)OCC(C)(C)C2. The fraction of sp³-hybridized carbons (Fsp3) is 0.512. The zero-order valence-corrected chi connectivity index (χ0v) is 34.2. The summed E-state index contributed by atoms with van der Waals surface area (Å²) in [5.41, 5.74) is 9.18. The normalized spacial score (nSPS) is 20.0. The molecule has 56 heavy (non-hydrogen) atoms. The predicted octanol–water partition coefficient (Wildman–Crippen LogP) is 5.84. The number of aryl methyl sites for hydroxylation is 1. The van der Waals surface area contributed by atoms with E-state index < -0.39 is 47.4 Å². The molecule has 1 saturated heterocycles. The maximum Gasteiger partial charge on any atom is 0.407 e. The van der Waals surface area contributed by atoms with Gasteiger partial charge >= 0.3 is 12.1 Å². The van der Waals surface area contributed by atoms with Crippen molar-refractivity contribution in [2.45, 2.75) is 98.0 Å². The first kappa shape index (κ1) is 40.8. The van der Waals surface area contributed by atoms with Crippen molar-refractivity contribution in [1.82, 2.24) is 35.2 Å². The lowest BCUT2D eigenvalue weighted by Crippen LogP contribution is -2.62. The van der Waals surface area contributed by atoms with Gasteiger partial charge in [0.2, 0.25) is 5.91 Å². The van der Waals surface area contributed by atoms with Crippen LogP contribution in [0.1, 0.15) is 76.8 Å². The minimum atomic E-state index is -1.26. The van der Waals surface area contributed by atoms with Crippen LogP contribution in [-0.2, 0) is 43.2 Å². The maximum atomic E-state index is 14.2. The fourth-order valence-corrected chi connectivity index (χ4v) is 8.72. The Morgan fingerprint density at radius 3 is 2.68 bits per heavy atom. The average Bonchev–Trinajstić information content (AvgIpc) is 3.77. The predicted molar refractivity (Wildman–Crippen MR) is 214 cm³/mol. The van der Waals surface area contributed by atoms with Gasteiger partial charge in [-0.05, 0) is 68.9 Å². The summed E-state index contributed by atoms with van der Waals surface area (Å²) in [6.45, 7) is 12.9. The van der Waals surface area contributed by atoms with Gasteiger partial charge in [0.15, 0.2) is 0 Å². The molecule has 3 amide bonds. The number of carbonyl (C=O) groups is 4. The summed E-state index contributed by atoms with van der Waals surface area (Å²) in [5.74, 6) is -1.88. The van der Waals surface area contributed by atoms with E-state index in [2.05, 4.69) is 54.3 Å². The smallest absolute Gasteiger partial charge is 0.407 e. The molecule has 1 aromatic carbocycles. The molecule has 6 rings (SSSR count). The number of cyclic esters (lactones) is 1. The van der Waals surface area contributed by atoms with Crippen LogP contribution >= 0.6 is 11.3 Å². The number of ether oxygens (including phenoxy) is 2. The topological polar surface area (TPSA) is 168 Å². The van der Waals surface area contributed by atoms with Gasteiger partial charge in [-0.25, -0.2) is 15.2 Å². The Morgan fingerprint density at radius 1 is 1.21 bits per heavy atom. The number of carboxylic acid groups (broad SMARTS) is 1. The minimum Gasteiger partial charge on any atom is -0.465 e.